The maximum absolute atomic E-state index is 13.0. The lowest BCUT2D eigenvalue weighted by Gasteiger charge is -2.07. The predicted molar refractivity (Wildman–Crippen MR) is 71.2 cm³/mol. The van der Waals surface area contributed by atoms with Crippen molar-refractivity contribution in [3.8, 4) is 17.7 Å². The molecule has 0 N–H and O–H groups in total. The van der Waals surface area contributed by atoms with Crippen LogP contribution in [0.25, 0.3) is 5.95 Å². The molecule has 0 aliphatic heterocycles. The number of nitrogens with zero attached hydrogens (tertiary/aromatic N) is 6. The third kappa shape index (κ3) is 3.06. The highest BCUT2D eigenvalue weighted by atomic mass is 35.5. The minimum Gasteiger partial charge on any atom is -0.423 e. The molecule has 0 aliphatic carbocycles. The number of hydrogen-bond donors (Lipinski definition) is 0. The van der Waals surface area contributed by atoms with Crippen LogP contribution in [-0.4, -0.2) is 29.7 Å². The van der Waals surface area contributed by atoms with Gasteiger partial charge < -0.3 is 4.74 Å². The Bertz CT molecular complexity index is 782. The van der Waals surface area contributed by atoms with Gasteiger partial charge in [-0.15, -0.1) is 0 Å². The van der Waals surface area contributed by atoms with Crippen LogP contribution < -0.4 is 4.74 Å². The second-order valence-corrected chi connectivity index (χ2v) is 4.45. The molecule has 0 saturated carbocycles. The minimum absolute atomic E-state index is 0.0776. The average Bonchev–Trinajstić information content (AvgIpc) is 2.95. The molecule has 0 unspecified atom stereocenters. The van der Waals surface area contributed by atoms with Crippen LogP contribution in [0.15, 0.2) is 30.9 Å². The third-order valence-electron chi connectivity index (χ3n) is 2.29. The lowest BCUT2D eigenvalue weighted by atomic mass is 10.3. The molecule has 0 amide bonds. The summed E-state index contributed by atoms with van der Waals surface area (Å²) in [6, 6.07) is 3.55. The van der Waals surface area contributed by atoms with Gasteiger partial charge in [0.2, 0.25) is 5.28 Å². The molecule has 0 spiro atoms. The monoisotopic (exact) mass is 326 g/mol. The smallest absolute Gasteiger partial charge is 0.328 e. The van der Waals surface area contributed by atoms with Crippen LogP contribution in [0.5, 0.6) is 11.8 Å². The molecule has 0 saturated heterocycles. The molecule has 0 radical (unpaired) electrons. The number of halogens is 3. The zero-order valence-electron chi connectivity index (χ0n) is 10.1. The molecular formula is C11H5Cl2FN6O. The van der Waals surface area contributed by atoms with Crippen molar-refractivity contribution in [2.24, 2.45) is 0 Å². The van der Waals surface area contributed by atoms with Gasteiger partial charge in [0.15, 0.2) is 0 Å². The van der Waals surface area contributed by atoms with Crippen molar-refractivity contribution in [3.63, 3.8) is 0 Å². The van der Waals surface area contributed by atoms with E-state index < -0.39 is 5.82 Å². The van der Waals surface area contributed by atoms with Crippen molar-refractivity contribution in [1.29, 1.82) is 0 Å². The summed E-state index contributed by atoms with van der Waals surface area (Å²) in [5.74, 6) is -0.171. The van der Waals surface area contributed by atoms with Gasteiger partial charge >= 0.3 is 6.01 Å². The van der Waals surface area contributed by atoms with Crippen LogP contribution in [0.2, 0.25) is 10.3 Å². The summed E-state index contributed by atoms with van der Waals surface area (Å²) in [5, 5.41) is 3.85. The second kappa shape index (κ2) is 5.58. The number of rotatable bonds is 3. The summed E-state index contributed by atoms with van der Waals surface area (Å²) in [5.41, 5.74) is 0. The van der Waals surface area contributed by atoms with E-state index in [1.165, 1.54) is 29.5 Å². The molecule has 3 rings (SSSR count). The van der Waals surface area contributed by atoms with Gasteiger partial charge in [-0.25, -0.2) is 9.37 Å². The van der Waals surface area contributed by atoms with Crippen LogP contribution in [0.4, 0.5) is 4.39 Å². The highest BCUT2D eigenvalue weighted by Gasteiger charge is 2.11. The summed E-state index contributed by atoms with van der Waals surface area (Å²) in [6.45, 7) is 0. The number of aromatic nitrogens is 6. The van der Waals surface area contributed by atoms with Crippen molar-refractivity contribution < 1.29 is 9.13 Å². The van der Waals surface area contributed by atoms with Gasteiger partial charge in [-0.3, -0.25) is 0 Å². The Balaban J connectivity index is 1.95. The standard InChI is InChI=1S/C11H5Cl2FN6O/c12-7-3-6(14)1-2-8(7)21-11-18-9(13)17-10(19-11)20-5-15-4-16-20/h1-5H. The SMILES string of the molecule is Fc1ccc(Oc2nc(Cl)nc(-n3cncn3)n2)c(Cl)c1. The number of hydrogen-bond acceptors (Lipinski definition) is 6. The molecule has 3 aromatic rings. The molecule has 7 nitrogen and oxygen atoms in total. The summed E-state index contributed by atoms with van der Waals surface area (Å²) in [6.07, 6.45) is 2.70. The maximum atomic E-state index is 13.0. The molecule has 0 aliphatic rings. The molecular weight excluding hydrogens is 322 g/mol. The van der Waals surface area contributed by atoms with Gasteiger partial charge in [0.05, 0.1) is 5.02 Å². The van der Waals surface area contributed by atoms with Crippen LogP contribution in [-0.2, 0) is 0 Å². The van der Waals surface area contributed by atoms with E-state index in [0.29, 0.717) is 0 Å². The van der Waals surface area contributed by atoms with Gasteiger partial charge in [0.1, 0.15) is 24.2 Å². The summed E-state index contributed by atoms with van der Waals surface area (Å²) < 4.78 is 19.6. The molecule has 0 fully saturated rings. The first-order valence-electron chi connectivity index (χ1n) is 5.51. The van der Waals surface area contributed by atoms with Crippen LogP contribution in [0, 0.1) is 5.82 Å². The topological polar surface area (TPSA) is 78.6 Å². The molecule has 2 aromatic heterocycles. The fourth-order valence-corrected chi connectivity index (χ4v) is 1.79. The lowest BCUT2D eigenvalue weighted by Crippen LogP contribution is -2.05. The average molecular weight is 327 g/mol. The van der Waals surface area contributed by atoms with E-state index in [4.69, 9.17) is 27.9 Å². The first-order chi connectivity index (χ1) is 10.1. The normalized spacial score (nSPS) is 10.6. The van der Waals surface area contributed by atoms with E-state index >= 15 is 0 Å². The van der Waals surface area contributed by atoms with Crippen molar-refractivity contribution in [2.75, 3.05) is 0 Å². The summed E-state index contributed by atoms with van der Waals surface area (Å²) in [7, 11) is 0. The predicted octanol–water partition coefficient (Wildman–Crippen LogP) is 2.69. The van der Waals surface area contributed by atoms with Crippen LogP contribution >= 0.6 is 23.2 Å². The fraction of sp³-hybridized carbons (Fsp3) is 0. The fourth-order valence-electron chi connectivity index (χ4n) is 1.44. The van der Waals surface area contributed by atoms with E-state index in [1.54, 1.807) is 0 Å². The first kappa shape index (κ1) is 13.7. The Kier molecular flexibility index (Phi) is 3.63. The highest BCUT2D eigenvalue weighted by Crippen LogP contribution is 2.28. The van der Waals surface area contributed by atoms with Gasteiger partial charge in [-0.05, 0) is 29.8 Å². The molecule has 0 bridgehead atoms. The number of ether oxygens (including phenoxy) is 1. The Labute approximate surface area is 127 Å². The van der Waals surface area contributed by atoms with Gasteiger partial charge in [-0.1, -0.05) is 11.6 Å². The highest BCUT2D eigenvalue weighted by molar-refractivity contribution is 6.32. The first-order valence-corrected chi connectivity index (χ1v) is 6.27. The van der Waals surface area contributed by atoms with Crippen molar-refractivity contribution >= 4 is 23.2 Å². The Morgan fingerprint density at radius 3 is 2.71 bits per heavy atom. The van der Waals surface area contributed by atoms with E-state index in [2.05, 4.69) is 25.0 Å². The summed E-state index contributed by atoms with van der Waals surface area (Å²) >= 11 is 11.7. The minimum atomic E-state index is -0.482. The van der Waals surface area contributed by atoms with Crippen LogP contribution in [0.1, 0.15) is 0 Å². The van der Waals surface area contributed by atoms with Crippen molar-refractivity contribution in [2.45, 2.75) is 0 Å². The molecule has 0 atom stereocenters. The second-order valence-electron chi connectivity index (χ2n) is 3.70. The number of benzene rings is 1. The zero-order chi connectivity index (χ0) is 14.8. The Morgan fingerprint density at radius 1 is 1.14 bits per heavy atom. The maximum Gasteiger partial charge on any atom is 0.328 e. The van der Waals surface area contributed by atoms with E-state index in [9.17, 15) is 4.39 Å². The van der Waals surface area contributed by atoms with Crippen molar-refractivity contribution in [1.82, 2.24) is 29.7 Å². The summed E-state index contributed by atoms with van der Waals surface area (Å²) in [4.78, 5) is 15.5. The third-order valence-corrected chi connectivity index (χ3v) is 2.76. The molecule has 1 aromatic carbocycles. The quantitative estimate of drug-likeness (QED) is 0.736. The Morgan fingerprint density at radius 2 is 2.00 bits per heavy atom. The van der Waals surface area contributed by atoms with Crippen molar-refractivity contribution in [3.05, 3.63) is 47.0 Å². The van der Waals surface area contributed by atoms with E-state index in [-0.39, 0.29) is 28.0 Å². The van der Waals surface area contributed by atoms with Gasteiger partial charge in [-0.2, -0.15) is 24.7 Å². The lowest BCUT2D eigenvalue weighted by molar-refractivity contribution is 0.436. The largest absolute Gasteiger partial charge is 0.423 e. The molecule has 10 heteroatoms. The Hall–Kier alpha value is -2.32. The molecule has 21 heavy (non-hydrogen) atoms. The molecule has 2 heterocycles. The van der Waals surface area contributed by atoms with E-state index in [1.807, 2.05) is 0 Å². The van der Waals surface area contributed by atoms with E-state index in [0.717, 1.165) is 6.07 Å². The van der Waals surface area contributed by atoms with Crippen LogP contribution in [0.3, 0.4) is 0 Å². The van der Waals surface area contributed by atoms with Gasteiger partial charge in [0.25, 0.3) is 5.95 Å². The zero-order valence-corrected chi connectivity index (χ0v) is 11.6. The van der Waals surface area contributed by atoms with Gasteiger partial charge in [0, 0.05) is 0 Å². The molecule has 106 valence electrons.